The van der Waals surface area contributed by atoms with Crippen LogP contribution in [0.25, 0.3) is 0 Å². The number of hydrogen-bond acceptors (Lipinski definition) is 4. The van der Waals surface area contributed by atoms with E-state index < -0.39 is 57.8 Å². The van der Waals surface area contributed by atoms with E-state index in [0.29, 0.717) is 22.7 Å². The maximum atomic E-state index is 15.6. The molecule has 0 aliphatic heterocycles. The zero-order chi connectivity index (χ0) is 20.1. The average molecular weight is 428 g/mol. The van der Waals surface area contributed by atoms with Gasteiger partial charge in [0.2, 0.25) is 0 Å². The van der Waals surface area contributed by atoms with Gasteiger partial charge in [-0.2, -0.15) is 8.78 Å². The topological polar surface area (TPSA) is 34.1 Å². The summed E-state index contributed by atoms with van der Waals surface area (Å²) >= 11 is 1.38. The van der Waals surface area contributed by atoms with Crippen molar-refractivity contribution in [1.82, 2.24) is 0 Å². The van der Waals surface area contributed by atoms with Gasteiger partial charge in [0, 0.05) is 43.8 Å². The molecule has 0 saturated heterocycles. The fourth-order valence-electron chi connectivity index (χ4n) is 5.36. The van der Waals surface area contributed by atoms with Crippen LogP contribution in [0.5, 0.6) is 0 Å². The molecule has 1 saturated carbocycles. The molecule has 28 heavy (non-hydrogen) atoms. The molecule has 2 aromatic heterocycles. The van der Waals surface area contributed by atoms with Gasteiger partial charge in [0.15, 0.2) is 21.8 Å². The van der Waals surface area contributed by atoms with Gasteiger partial charge < -0.3 is 0 Å². The first-order valence-electron chi connectivity index (χ1n) is 9.32. The minimum atomic E-state index is -1.80. The number of thiophene rings is 2. The first-order valence-corrected chi connectivity index (χ1v) is 10.9. The van der Waals surface area contributed by atoms with Crippen LogP contribution in [0.4, 0.5) is 17.6 Å². The van der Waals surface area contributed by atoms with Crippen LogP contribution in [0.2, 0.25) is 0 Å². The van der Waals surface area contributed by atoms with Crippen molar-refractivity contribution in [2.24, 2.45) is 11.8 Å². The molecule has 2 aromatic rings. The molecule has 8 heteroatoms. The molecule has 0 N–H and O–H groups in total. The van der Waals surface area contributed by atoms with Crippen molar-refractivity contribution in [3.05, 3.63) is 42.3 Å². The van der Waals surface area contributed by atoms with Crippen LogP contribution in [0, 0.1) is 22.1 Å². The third-order valence-electron chi connectivity index (χ3n) is 6.53. The van der Waals surface area contributed by atoms with Crippen LogP contribution in [0.1, 0.15) is 67.3 Å². The van der Waals surface area contributed by atoms with Gasteiger partial charge in [-0.05, 0) is 12.8 Å². The van der Waals surface area contributed by atoms with Gasteiger partial charge in [0.25, 0.3) is 0 Å². The van der Waals surface area contributed by atoms with E-state index in [0.717, 1.165) is 0 Å². The van der Waals surface area contributed by atoms with Gasteiger partial charge in [-0.1, -0.05) is 13.8 Å². The smallest absolute Gasteiger partial charge is 0.180 e. The lowest BCUT2D eigenvalue weighted by Crippen LogP contribution is -2.46. The van der Waals surface area contributed by atoms with Gasteiger partial charge in [-0.15, -0.1) is 22.7 Å². The van der Waals surface area contributed by atoms with E-state index in [4.69, 9.17) is 0 Å². The second-order valence-corrected chi connectivity index (χ2v) is 9.62. The summed E-state index contributed by atoms with van der Waals surface area (Å²) in [7, 11) is 0. The zero-order valence-corrected chi connectivity index (χ0v) is 16.7. The highest BCUT2D eigenvalue weighted by atomic mass is 32.1. The Bertz CT molecular complexity index is 957. The fourth-order valence-corrected chi connectivity index (χ4v) is 7.96. The average Bonchev–Trinajstić information content (AvgIpc) is 3.32. The van der Waals surface area contributed by atoms with Crippen molar-refractivity contribution in [3.63, 3.8) is 0 Å². The Morgan fingerprint density at radius 1 is 0.714 bits per heavy atom. The molecule has 1 fully saturated rings. The van der Waals surface area contributed by atoms with E-state index in [2.05, 4.69) is 0 Å². The largest absolute Gasteiger partial charge is 0.294 e. The molecule has 2 nitrogen and oxygen atoms in total. The van der Waals surface area contributed by atoms with Crippen LogP contribution in [-0.4, -0.2) is 23.9 Å². The van der Waals surface area contributed by atoms with Crippen molar-refractivity contribution in [2.75, 3.05) is 0 Å². The Labute approximate surface area is 166 Å². The molecule has 0 amide bonds. The number of halogens is 4. The lowest BCUT2D eigenvalue weighted by atomic mass is 9.67. The number of fused-ring (bicyclic) bond motifs is 6. The monoisotopic (exact) mass is 428 g/mol. The number of hydrogen-bond donors (Lipinski definition) is 0. The molecule has 5 rings (SSSR count). The predicted octanol–water partition coefficient (Wildman–Crippen LogP) is 5.39. The van der Waals surface area contributed by atoms with Crippen molar-refractivity contribution in [1.29, 1.82) is 0 Å². The number of carbonyl (C=O) groups is 2. The molecule has 6 unspecified atom stereocenters. The quantitative estimate of drug-likeness (QED) is 0.601. The molecule has 148 valence electrons. The minimum absolute atomic E-state index is 0.101. The van der Waals surface area contributed by atoms with Crippen molar-refractivity contribution in [3.8, 4) is 0 Å². The van der Waals surface area contributed by atoms with E-state index in [9.17, 15) is 18.4 Å². The molecule has 6 atom stereocenters. The maximum absolute atomic E-state index is 15.6. The van der Waals surface area contributed by atoms with E-state index in [-0.39, 0.29) is 44.8 Å². The molecule has 2 heterocycles. The lowest BCUT2D eigenvalue weighted by molar-refractivity contribution is 0.0240. The zero-order valence-electron chi connectivity index (χ0n) is 15.0. The van der Waals surface area contributed by atoms with Gasteiger partial charge in [-0.25, -0.2) is 8.78 Å². The Morgan fingerprint density at radius 2 is 1.07 bits per heavy atom. The van der Waals surface area contributed by atoms with Crippen molar-refractivity contribution >= 4 is 34.2 Å². The Morgan fingerprint density at radius 3 is 1.39 bits per heavy atom. The highest BCUT2D eigenvalue weighted by Crippen LogP contribution is 2.62. The molecule has 0 aromatic carbocycles. The minimum Gasteiger partial charge on any atom is -0.294 e. The summed E-state index contributed by atoms with van der Waals surface area (Å²) in [6.07, 6.45) is -3.09. The fraction of sp³-hybridized carbons (Fsp3) is 0.500. The van der Waals surface area contributed by atoms with Crippen LogP contribution in [0.15, 0.2) is 0 Å². The van der Waals surface area contributed by atoms with Gasteiger partial charge >= 0.3 is 0 Å². The van der Waals surface area contributed by atoms with Gasteiger partial charge in [0.1, 0.15) is 12.3 Å². The summed E-state index contributed by atoms with van der Waals surface area (Å²) in [5.41, 5.74) is 0.604. The standard InChI is InChI=1S/C20H16F4O2S2/c1-3-5-7-15(25)9-11(17(7)27-19(5)23)14(22)10-12(13(9)21)18-8(16(10)26)6(4-2)20(24)28-18/h9-14H,3-4H2,1-2H3. The number of carbonyl (C=O) groups excluding carboxylic acids is 2. The number of ketones is 2. The highest BCUT2D eigenvalue weighted by Gasteiger charge is 2.65. The third-order valence-corrected chi connectivity index (χ3v) is 8.77. The first-order chi connectivity index (χ1) is 13.3. The first kappa shape index (κ1) is 18.5. The van der Waals surface area contributed by atoms with Gasteiger partial charge in [0.05, 0.1) is 11.8 Å². The van der Waals surface area contributed by atoms with E-state index >= 15 is 8.78 Å². The summed E-state index contributed by atoms with van der Waals surface area (Å²) < 4.78 is 59.8. The normalized spacial score (nSPS) is 33.1. The second-order valence-electron chi connectivity index (χ2n) is 7.61. The SMILES string of the molecule is CCc1c(F)sc2c1C(=O)C1C(F)C3c4sc(F)c(CC)c4C(=O)C3C(F)C21. The molecule has 3 aliphatic carbocycles. The Kier molecular flexibility index (Phi) is 3.95. The summed E-state index contributed by atoms with van der Waals surface area (Å²) in [6.45, 7) is 3.37. The van der Waals surface area contributed by atoms with Crippen LogP contribution >= 0.6 is 22.7 Å². The maximum Gasteiger partial charge on any atom is 0.180 e. The van der Waals surface area contributed by atoms with Crippen LogP contribution in [0.3, 0.4) is 0 Å². The van der Waals surface area contributed by atoms with Gasteiger partial charge in [-0.3, -0.25) is 9.59 Å². The van der Waals surface area contributed by atoms with E-state index in [1.807, 2.05) is 0 Å². The van der Waals surface area contributed by atoms with Crippen molar-refractivity contribution < 1.29 is 27.2 Å². The summed E-state index contributed by atoms with van der Waals surface area (Å²) in [5.74, 6) is -6.02. The molecule has 0 spiro atoms. The molecule has 0 bridgehead atoms. The summed E-state index contributed by atoms with van der Waals surface area (Å²) in [4.78, 5) is 26.4. The van der Waals surface area contributed by atoms with Crippen molar-refractivity contribution in [2.45, 2.75) is 50.9 Å². The highest BCUT2D eigenvalue weighted by molar-refractivity contribution is 7.11. The predicted molar refractivity (Wildman–Crippen MR) is 98.2 cm³/mol. The second kappa shape index (κ2) is 5.98. The van der Waals surface area contributed by atoms with Crippen LogP contribution in [-0.2, 0) is 12.8 Å². The lowest BCUT2D eigenvalue weighted by Gasteiger charge is -2.39. The Balaban J connectivity index is 1.67. The summed E-state index contributed by atoms with van der Waals surface area (Å²) in [5, 5.41) is -1.09. The Hall–Kier alpha value is -1.54. The number of alkyl halides is 2. The third kappa shape index (κ3) is 1.98. The molecular weight excluding hydrogens is 412 g/mol. The molecule has 3 aliphatic rings. The van der Waals surface area contributed by atoms with E-state index in [1.54, 1.807) is 13.8 Å². The number of Topliss-reactive ketones (excluding diaryl/α,β-unsaturated/α-hetero) is 2. The summed E-state index contributed by atoms with van der Waals surface area (Å²) in [6, 6.07) is 0. The molecular formula is C20H16F4O2S2. The van der Waals surface area contributed by atoms with E-state index in [1.165, 1.54) is 0 Å². The number of rotatable bonds is 2. The molecule has 0 radical (unpaired) electrons. The van der Waals surface area contributed by atoms with Crippen LogP contribution < -0.4 is 0 Å².